The molecule has 3 heterocycles. The van der Waals surface area contributed by atoms with Crippen molar-refractivity contribution in [3.05, 3.63) is 64.8 Å². The van der Waals surface area contributed by atoms with Gasteiger partial charge in [-0.15, -0.1) is 0 Å². The van der Waals surface area contributed by atoms with Gasteiger partial charge in [-0.05, 0) is 36.7 Å². The van der Waals surface area contributed by atoms with E-state index in [4.69, 9.17) is 46.0 Å². The molecule has 0 amide bonds. The topological polar surface area (TPSA) is 69.4 Å². The molecule has 8 nitrogen and oxygen atoms in total. The summed E-state index contributed by atoms with van der Waals surface area (Å²) in [4.78, 5) is 0. The maximum atomic E-state index is 7.50. The molecule has 3 aromatic rings. The largest absolute Gasteiger partial charge is 0 e. The van der Waals surface area contributed by atoms with Crippen LogP contribution in [0.4, 0.5) is 0 Å². The first kappa shape index (κ1) is 25.5. The van der Waals surface area contributed by atoms with Crippen LogP contribution < -0.4 is 0 Å². The molecule has 27 heavy (non-hydrogen) atoms. The van der Waals surface area contributed by atoms with Crippen molar-refractivity contribution in [3.63, 3.8) is 0 Å². The van der Waals surface area contributed by atoms with Gasteiger partial charge in [-0.3, -0.25) is 0 Å². The van der Waals surface area contributed by atoms with Crippen LogP contribution in [0.15, 0.2) is 37.2 Å². The second kappa shape index (κ2) is 11.3. The van der Waals surface area contributed by atoms with Gasteiger partial charge in [-0.25, -0.2) is 0 Å². The second-order valence-electron chi connectivity index (χ2n) is 5.14. The fraction of sp³-hybridized carbons (Fsp3) is 0.214. The Kier molecular flexibility index (Phi) is 10.7. The maximum absolute atomic E-state index is 7.50. The maximum Gasteiger partial charge on any atom is 0 e. The van der Waals surface area contributed by atoms with Crippen molar-refractivity contribution in [2.75, 3.05) is 0 Å². The third-order valence-corrected chi connectivity index (χ3v) is 5.16. The van der Waals surface area contributed by atoms with Crippen LogP contribution in [0.2, 0.25) is 0 Å². The van der Waals surface area contributed by atoms with Crippen LogP contribution in [0.5, 0.6) is 0 Å². The summed E-state index contributed by atoms with van der Waals surface area (Å²) in [5, 5.41) is 0. The average Bonchev–Trinajstić information content (AvgIpc) is 3.29. The molecule has 0 saturated heterocycles. The first-order valence-corrected chi connectivity index (χ1v) is 8.25. The Morgan fingerprint density at radius 2 is 0.852 bits per heavy atom. The van der Waals surface area contributed by atoms with Crippen molar-refractivity contribution in [3.8, 4) is 0 Å². The number of rotatable bonds is 3. The van der Waals surface area contributed by atoms with E-state index in [2.05, 4.69) is 13.3 Å². The van der Waals surface area contributed by atoms with Crippen LogP contribution in [-0.2, 0) is 49.9 Å². The molecule has 0 fully saturated rings. The first-order chi connectivity index (χ1) is 12.4. The van der Waals surface area contributed by atoms with E-state index in [1.807, 2.05) is 85.5 Å². The molecule has 0 aliphatic heterocycles. The summed E-state index contributed by atoms with van der Waals surface area (Å²) in [5.74, 6) is 0. The molecule has 0 saturated carbocycles. The normalized spacial score (nSPS) is 9.15. The average molecular weight is 507 g/mol. The predicted octanol–water partition coefficient (Wildman–Crippen LogP) is 2.15. The zero-order valence-corrected chi connectivity index (χ0v) is 18.8. The molecule has 0 unspecified atom stereocenters. The first-order valence-electron chi connectivity index (χ1n) is 7.03. The zero-order chi connectivity index (χ0) is 20.0. The Morgan fingerprint density at radius 1 is 0.630 bits per heavy atom. The van der Waals surface area contributed by atoms with E-state index in [9.17, 15) is 0 Å². The number of nitrogens with zero attached hydrogens (tertiary/aromatic N) is 6. The van der Waals surface area contributed by atoms with E-state index in [-0.39, 0.29) is 26.6 Å². The van der Waals surface area contributed by atoms with Gasteiger partial charge in [0, 0.05) is 77.8 Å². The number of imidazole rings is 3. The fourth-order valence-corrected chi connectivity index (χ4v) is 3.02. The summed E-state index contributed by atoms with van der Waals surface area (Å²) < 4.78 is 28.7. The SMILES string of the molecule is Cn1ccn(B(n2ccn(C)c2=S)n2ccn(C)c2=S)c1=S.[C-]#[O+].[C-]#[O+].[Ru]. The summed E-state index contributed by atoms with van der Waals surface area (Å²) in [6.45, 7) is 9.00. The Bertz CT molecular complexity index is 965. The molecule has 0 spiro atoms. The van der Waals surface area contributed by atoms with Crippen molar-refractivity contribution >= 4 is 43.8 Å². The molecule has 0 aromatic carbocycles. The molecule has 0 aliphatic rings. The predicted molar refractivity (Wildman–Crippen MR) is 103 cm³/mol. The third kappa shape index (κ3) is 5.04. The summed E-state index contributed by atoms with van der Waals surface area (Å²) in [6, 6.07) is 0. The Morgan fingerprint density at radius 3 is 1.00 bits per heavy atom. The quantitative estimate of drug-likeness (QED) is 0.236. The van der Waals surface area contributed by atoms with E-state index in [1.54, 1.807) is 0 Å². The van der Waals surface area contributed by atoms with Crippen LogP contribution in [-0.4, -0.2) is 34.3 Å². The summed E-state index contributed by atoms with van der Waals surface area (Å²) in [6.07, 6.45) is 11.6. The molecule has 3 aromatic heterocycles. The standard InChI is InChI=1S/C12H15BN6S3.2CO.Ru/c1-14-4-7-17(10(14)20)13(18-8-5-15(2)11(18)21)19-9-6-16(3)12(19)22;2*1-2;/h4-9H,1-3H3;;;. The monoisotopic (exact) mass is 508 g/mol. The number of hydrogen-bond acceptors (Lipinski definition) is 3. The number of hydrogen-bond donors (Lipinski definition) is 0. The molecule has 0 radical (unpaired) electrons. The van der Waals surface area contributed by atoms with Gasteiger partial charge in [-0.2, -0.15) is 0 Å². The van der Waals surface area contributed by atoms with Gasteiger partial charge >= 0.3 is 29.7 Å². The molecule has 0 atom stereocenters. The molecular formula is C14H15BN6O2RuS3. The molecule has 3 rings (SSSR count). The van der Waals surface area contributed by atoms with Crippen molar-refractivity contribution in [2.24, 2.45) is 21.1 Å². The molecule has 0 N–H and O–H groups in total. The van der Waals surface area contributed by atoms with Gasteiger partial charge in [0.1, 0.15) is 0 Å². The zero-order valence-electron chi connectivity index (χ0n) is 14.6. The molecule has 13 heteroatoms. The van der Waals surface area contributed by atoms with Gasteiger partial charge in [0.2, 0.25) is 0 Å². The minimum Gasteiger partial charge on any atom is 0 e. The van der Waals surface area contributed by atoms with E-state index in [1.165, 1.54) is 0 Å². The van der Waals surface area contributed by atoms with Gasteiger partial charge < -0.3 is 27.1 Å². The number of aryl methyl sites for hydroxylation is 3. The van der Waals surface area contributed by atoms with Crippen molar-refractivity contribution in [1.82, 2.24) is 27.1 Å². The Balaban J connectivity index is 0.00000127. The molecular weight excluding hydrogens is 492 g/mol. The van der Waals surface area contributed by atoms with Crippen LogP contribution in [0.25, 0.3) is 0 Å². The van der Waals surface area contributed by atoms with Crippen molar-refractivity contribution in [1.29, 1.82) is 0 Å². The summed E-state index contributed by atoms with van der Waals surface area (Å²) in [7, 11) is 5.50. The van der Waals surface area contributed by atoms with Crippen LogP contribution in [0.1, 0.15) is 0 Å². The van der Waals surface area contributed by atoms with Crippen LogP contribution in [0.3, 0.4) is 0 Å². The molecule has 142 valence electrons. The second-order valence-corrected chi connectivity index (χ2v) is 6.24. The van der Waals surface area contributed by atoms with Crippen molar-refractivity contribution in [2.45, 2.75) is 0 Å². The minimum absolute atomic E-state index is 0. The summed E-state index contributed by atoms with van der Waals surface area (Å²) in [5.41, 5.74) is 0. The van der Waals surface area contributed by atoms with Gasteiger partial charge in [0.25, 0.3) is 0 Å². The van der Waals surface area contributed by atoms with E-state index in [0.29, 0.717) is 14.3 Å². The van der Waals surface area contributed by atoms with Gasteiger partial charge in [0.05, 0.1) is 0 Å². The van der Waals surface area contributed by atoms with E-state index < -0.39 is 0 Å². The molecule has 0 aliphatic carbocycles. The number of aromatic nitrogens is 6. The van der Waals surface area contributed by atoms with E-state index in [0.717, 1.165) is 0 Å². The van der Waals surface area contributed by atoms with Gasteiger partial charge in [0.15, 0.2) is 14.3 Å². The van der Waals surface area contributed by atoms with Crippen LogP contribution >= 0.6 is 36.7 Å². The third-order valence-electron chi connectivity index (χ3n) is 3.67. The Hall–Kier alpha value is -1.54. The fourth-order valence-electron chi connectivity index (χ4n) is 2.37. The molecule has 0 bridgehead atoms. The van der Waals surface area contributed by atoms with Gasteiger partial charge in [-0.1, -0.05) is 0 Å². The Labute approximate surface area is 185 Å². The smallest absolute Gasteiger partial charge is 0 e. The van der Waals surface area contributed by atoms with E-state index >= 15 is 0 Å². The summed E-state index contributed by atoms with van der Waals surface area (Å²) >= 11 is 16.6. The van der Waals surface area contributed by atoms with Crippen LogP contribution in [0, 0.1) is 27.6 Å². The minimum atomic E-state index is -0.268. The van der Waals surface area contributed by atoms with Crippen molar-refractivity contribution < 1.29 is 28.8 Å².